The molecule has 1 aliphatic heterocycles. The molecule has 1 fully saturated rings. The lowest BCUT2D eigenvalue weighted by molar-refractivity contribution is -0.0250. The van der Waals surface area contributed by atoms with Gasteiger partial charge in [0.05, 0.1) is 25.4 Å². The summed E-state index contributed by atoms with van der Waals surface area (Å²) in [6.45, 7) is 4.28. The van der Waals surface area contributed by atoms with Crippen molar-refractivity contribution in [2.45, 2.75) is 58.2 Å². The molecule has 0 aromatic carbocycles. The van der Waals surface area contributed by atoms with Gasteiger partial charge < -0.3 is 20.3 Å². The summed E-state index contributed by atoms with van der Waals surface area (Å²) in [7, 11) is 0. The van der Waals surface area contributed by atoms with Gasteiger partial charge >= 0.3 is 5.69 Å². The summed E-state index contributed by atoms with van der Waals surface area (Å²) in [5.41, 5.74) is 6.02. The minimum absolute atomic E-state index is 0.0440. The van der Waals surface area contributed by atoms with Gasteiger partial charge in [-0.3, -0.25) is 4.57 Å². The SMILES string of the molecule is CCC(C)OCc1cn([C@@H]2CC[C@@H](CO)O2)c(=O)nc1N. The molecule has 2 rings (SSSR count). The van der Waals surface area contributed by atoms with Gasteiger partial charge in [-0.25, -0.2) is 4.79 Å². The normalized spacial score (nSPS) is 23.4. The van der Waals surface area contributed by atoms with Crippen LogP contribution in [0.15, 0.2) is 11.0 Å². The zero-order valence-electron chi connectivity index (χ0n) is 12.5. The van der Waals surface area contributed by atoms with Crippen LogP contribution < -0.4 is 11.4 Å². The number of rotatable bonds is 6. The van der Waals surface area contributed by atoms with Crippen LogP contribution in [0.4, 0.5) is 5.82 Å². The van der Waals surface area contributed by atoms with Gasteiger partial charge in [-0.2, -0.15) is 4.98 Å². The highest BCUT2D eigenvalue weighted by Crippen LogP contribution is 2.27. The van der Waals surface area contributed by atoms with Gasteiger partial charge in [-0.15, -0.1) is 0 Å². The van der Waals surface area contributed by atoms with Crippen molar-refractivity contribution in [3.8, 4) is 0 Å². The summed E-state index contributed by atoms with van der Waals surface area (Å²) in [5.74, 6) is 0.191. The van der Waals surface area contributed by atoms with Crippen molar-refractivity contribution >= 4 is 5.82 Å². The van der Waals surface area contributed by atoms with Crippen molar-refractivity contribution in [2.24, 2.45) is 0 Å². The molecule has 2 heterocycles. The van der Waals surface area contributed by atoms with E-state index in [-0.39, 0.29) is 24.6 Å². The van der Waals surface area contributed by atoms with Crippen molar-refractivity contribution in [2.75, 3.05) is 12.3 Å². The van der Waals surface area contributed by atoms with Crippen LogP contribution in [0.25, 0.3) is 0 Å². The summed E-state index contributed by atoms with van der Waals surface area (Å²) >= 11 is 0. The first-order valence-corrected chi connectivity index (χ1v) is 7.30. The largest absolute Gasteiger partial charge is 0.394 e. The van der Waals surface area contributed by atoms with Gasteiger partial charge in [0.25, 0.3) is 0 Å². The van der Waals surface area contributed by atoms with Crippen LogP contribution in [-0.2, 0) is 16.1 Å². The van der Waals surface area contributed by atoms with Crippen LogP contribution >= 0.6 is 0 Å². The minimum atomic E-state index is -0.441. The summed E-state index contributed by atoms with van der Waals surface area (Å²) in [5, 5.41) is 9.10. The summed E-state index contributed by atoms with van der Waals surface area (Å²) in [6.07, 6.45) is 3.43. The first kappa shape index (κ1) is 15.9. The highest BCUT2D eigenvalue weighted by atomic mass is 16.5. The second kappa shape index (κ2) is 7.02. The topological polar surface area (TPSA) is 99.6 Å². The molecule has 1 aromatic heterocycles. The molecule has 0 aliphatic carbocycles. The van der Waals surface area contributed by atoms with Gasteiger partial charge in [0, 0.05) is 11.8 Å². The Hall–Kier alpha value is -1.44. The molecule has 21 heavy (non-hydrogen) atoms. The van der Waals surface area contributed by atoms with E-state index in [1.807, 2.05) is 13.8 Å². The first-order valence-electron chi connectivity index (χ1n) is 7.30. The number of nitrogen functional groups attached to an aromatic ring is 1. The zero-order valence-corrected chi connectivity index (χ0v) is 12.5. The Morgan fingerprint density at radius 3 is 3.00 bits per heavy atom. The fourth-order valence-corrected chi connectivity index (χ4v) is 2.21. The molecule has 1 aromatic rings. The van der Waals surface area contributed by atoms with Gasteiger partial charge in [0.15, 0.2) is 0 Å². The second-order valence-electron chi connectivity index (χ2n) is 5.34. The van der Waals surface area contributed by atoms with Crippen molar-refractivity contribution in [1.82, 2.24) is 9.55 Å². The Morgan fingerprint density at radius 2 is 2.38 bits per heavy atom. The molecule has 118 valence electrons. The van der Waals surface area contributed by atoms with E-state index in [0.29, 0.717) is 18.6 Å². The van der Waals surface area contributed by atoms with Gasteiger partial charge in [-0.05, 0) is 26.2 Å². The third-order valence-corrected chi connectivity index (χ3v) is 3.76. The Labute approximate surface area is 123 Å². The number of hydrogen-bond acceptors (Lipinski definition) is 6. The monoisotopic (exact) mass is 297 g/mol. The van der Waals surface area contributed by atoms with Crippen LogP contribution in [0.1, 0.15) is 44.9 Å². The summed E-state index contributed by atoms with van der Waals surface area (Å²) in [4.78, 5) is 15.8. The number of hydrogen-bond donors (Lipinski definition) is 2. The van der Waals surface area contributed by atoms with Crippen LogP contribution in [0, 0.1) is 0 Å². The maximum absolute atomic E-state index is 12.0. The number of aliphatic hydroxyl groups is 1. The van der Waals surface area contributed by atoms with E-state index in [2.05, 4.69) is 4.98 Å². The van der Waals surface area contributed by atoms with E-state index in [4.69, 9.17) is 20.3 Å². The average molecular weight is 297 g/mol. The maximum atomic E-state index is 12.0. The van der Waals surface area contributed by atoms with Crippen molar-refractivity contribution < 1.29 is 14.6 Å². The summed E-state index contributed by atoms with van der Waals surface area (Å²) in [6, 6.07) is 0. The number of anilines is 1. The van der Waals surface area contributed by atoms with Crippen LogP contribution in [0.2, 0.25) is 0 Å². The number of ether oxygens (including phenoxy) is 2. The van der Waals surface area contributed by atoms with Crippen LogP contribution in [0.3, 0.4) is 0 Å². The molecule has 0 bridgehead atoms. The van der Waals surface area contributed by atoms with E-state index in [1.165, 1.54) is 4.57 Å². The average Bonchev–Trinajstić information content (AvgIpc) is 2.94. The molecule has 0 radical (unpaired) electrons. The number of aromatic nitrogens is 2. The second-order valence-corrected chi connectivity index (χ2v) is 5.34. The maximum Gasteiger partial charge on any atom is 0.351 e. The smallest absolute Gasteiger partial charge is 0.351 e. The molecule has 3 atom stereocenters. The van der Waals surface area contributed by atoms with E-state index in [0.717, 1.165) is 12.8 Å². The fourth-order valence-electron chi connectivity index (χ4n) is 2.21. The highest BCUT2D eigenvalue weighted by molar-refractivity contribution is 5.36. The molecule has 0 amide bonds. The number of nitrogens with two attached hydrogens (primary N) is 1. The van der Waals surface area contributed by atoms with E-state index in [9.17, 15) is 4.79 Å². The Kier molecular flexibility index (Phi) is 5.33. The van der Waals surface area contributed by atoms with Gasteiger partial charge in [0.1, 0.15) is 12.0 Å². The number of nitrogens with zero attached hydrogens (tertiary/aromatic N) is 2. The lowest BCUT2D eigenvalue weighted by Gasteiger charge is -2.17. The molecule has 0 saturated carbocycles. The van der Waals surface area contributed by atoms with Crippen LogP contribution in [-0.4, -0.2) is 33.5 Å². The van der Waals surface area contributed by atoms with Crippen molar-refractivity contribution in [3.05, 3.63) is 22.2 Å². The Balaban J connectivity index is 2.16. The van der Waals surface area contributed by atoms with Gasteiger partial charge in [-0.1, -0.05) is 6.92 Å². The zero-order chi connectivity index (χ0) is 15.4. The number of aliphatic hydroxyl groups excluding tert-OH is 1. The first-order chi connectivity index (χ1) is 10.0. The van der Waals surface area contributed by atoms with Crippen molar-refractivity contribution in [1.29, 1.82) is 0 Å². The van der Waals surface area contributed by atoms with Gasteiger partial charge in [0.2, 0.25) is 0 Å². The quantitative estimate of drug-likeness (QED) is 0.806. The molecule has 1 aliphatic rings. The molecule has 3 N–H and O–H groups in total. The predicted octanol–water partition coefficient (Wildman–Crippen LogP) is 0.810. The third kappa shape index (κ3) is 3.81. The minimum Gasteiger partial charge on any atom is -0.394 e. The fraction of sp³-hybridized carbons (Fsp3) is 0.714. The standard InChI is InChI=1S/C14H23N3O4/c1-3-9(2)20-8-10-6-17(14(19)16-13(10)15)12-5-4-11(7-18)21-12/h6,9,11-12,18H,3-5,7-8H2,1-2H3,(H2,15,16,19)/t9?,11-,12-/m0/s1. The van der Waals surface area contributed by atoms with Crippen molar-refractivity contribution in [3.63, 3.8) is 0 Å². The third-order valence-electron chi connectivity index (χ3n) is 3.76. The van der Waals surface area contributed by atoms with Crippen LogP contribution in [0.5, 0.6) is 0 Å². The molecular formula is C14H23N3O4. The lowest BCUT2D eigenvalue weighted by atomic mass is 10.2. The predicted molar refractivity (Wildman–Crippen MR) is 77.7 cm³/mol. The molecule has 1 unspecified atom stereocenters. The molecule has 7 nitrogen and oxygen atoms in total. The Morgan fingerprint density at radius 1 is 1.62 bits per heavy atom. The highest BCUT2D eigenvalue weighted by Gasteiger charge is 2.27. The van der Waals surface area contributed by atoms with E-state index >= 15 is 0 Å². The molecule has 0 spiro atoms. The molecule has 7 heteroatoms. The lowest BCUT2D eigenvalue weighted by Crippen LogP contribution is -2.29. The molecule has 1 saturated heterocycles. The molecular weight excluding hydrogens is 274 g/mol. The Bertz CT molecular complexity index is 531. The summed E-state index contributed by atoms with van der Waals surface area (Å²) < 4.78 is 12.7. The van der Waals surface area contributed by atoms with E-state index in [1.54, 1.807) is 6.20 Å². The van der Waals surface area contributed by atoms with E-state index < -0.39 is 11.9 Å².